The molecule has 19 heavy (non-hydrogen) atoms. The van der Waals surface area contributed by atoms with Crippen LogP contribution in [0.15, 0.2) is 28.8 Å². The highest BCUT2D eigenvalue weighted by molar-refractivity contribution is 5.28. The molecule has 4 nitrogen and oxygen atoms in total. The van der Waals surface area contributed by atoms with E-state index in [1.807, 2.05) is 0 Å². The fourth-order valence-corrected chi connectivity index (χ4v) is 1.87. The third-order valence-electron chi connectivity index (χ3n) is 3.21. The van der Waals surface area contributed by atoms with E-state index in [0.717, 1.165) is 12.8 Å². The topological polar surface area (TPSA) is 64.9 Å². The zero-order valence-corrected chi connectivity index (χ0v) is 10.1. The van der Waals surface area contributed by atoms with E-state index in [4.69, 9.17) is 10.3 Å². The lowest BCUT2D eigenvalue weighted by molar-refractivity contribution is 0.151. The summed E-state index contributed by atoms with van der Waals surface area (Å²) in [5.41, 5.74) is 6.67. The molecule has 1 atom stereocenters. The Bertz CT molecular complexity index is 564. The fourth-order valence-electron chi connectivity index (χ4n) is 1.87. The second-order valence-electron chi connectivity index (χ2n) is 4.71. The Morgan fingerprint density at radius 1 is 1.16 bits per heavy atom. The van der Waals surface area contributed by atoms with Crippen molar-refractivity contribution >= 4 is 0 Å². The van der Waals surface area contributed by atoms with Gasteiger partial charge in [0.2, 0.25) is 5.89 Å². The Morgan fingerprint density at radius 3 is 2.37 bits per heavy atom. The first-order valence-corrected chi connectivity index (χ1v) is 6.12. The molecule has 1 unspecified atom stereocenters. The van der Waals surface area contributed by atoms with Crippen molar-refractivity contribution in [1.29, 1.82) is 0 Å². The van der Waals surface area contributed by atoms with Crippen LogP contribution in [0.5, 0.6) is 0 Å². The Labute approximate surface area is 108 Å². The number of hydrogen-bond acceptors (Lipinski definition) is 4. The molecule has 1 aromatic carbocycles. The molecule has 1 aliphatic rings. The van der Waals surface area contributed by atoms with E-state index < -0.39 is 12.5 Å². The molecule has 0 aliphatic heterocycles. The first-order valence-electron chi connectivity index (χ1n) is 6.12. The van der Waals surface area contributed by atoms with Gasteiger partial charge in [-0.15, -0.1) is 0 Å². The molecule has 1 heterocycles. The standard InChI is InChI=1S/C13H13F2N3O/c14-11(15)8-3-1-7(2-4-8)10(16)12-17-13(19-18-12)9-5-6-9/h1-4,9-11H,5-6,16H2. The van der Waals surface area contributed by atoms with Gasteiger partial charge in [-0.05, 0) is 18.4 Å². The number of hydrogen-bond donors (Lipinski definition) is 1. The summed E-state index contributed by atoms with van der Waals surface area (Å²) in [6, 6.07) is 5.31. The van der Waals surface area contributed by atoms with Crippen molar-refractivity contribution in [2.24, 2.45) is 5.73 Å². The van der Waals surface area contributed by atoms with Gasteiger partial charge in [-0.1, -0.05) is 29.4 Å². The molecule has 1 aliphatic carbocycles. The van der Waals surface area contributed by atoms with Gasteiger partial charge in [-0.2, -0.15) is 4.98 Å². The highest BCUT2D eigenvalue weighted by atomic mass is 19.3. The highest BCUT2D eigenvalue weighted by Crippen LogP contribution is 2.39. The van der Waals surface area contributed by atoms with Gasteiger partial charge >= 0.3 is 0 Å². The van der Waals surface area contributed by atoms with Crippen LogP contribution in [0.2, 0.25) is 0 Å². The molecule has 0 bridgehead atoms. The van der Waals surface area contributed by atoms with E-state index in [9.17, 15) is 8.78 Å². The van der Waals surface area contributed by atoms with Crippen molar-refractivity contribution < 1.29 is 13.3 Å². The molecule has 1 fully saturated rings. The van der Waals surface area contributed by atoms with Gasteiger partial charge < -0.3 is 10.3 Å². The van der Waals surface area contributed by atoms with Crippen molar-refractivity contribution in [2.45, 2.75) is 31.2 Å². The summed E-state index contributed by atoms with van der Waals surface area (Å²) in [6.07, 6.45) is -0.336. The van der Waals surface area contributed by atoms with Crippen LogP contribution in [-0.2, 0) is 0 Å². The van der Waals surface area contributed by atoms with Crippen molar-refractivity contribution in [3.8, 4) is 0 Å². The lowest BCUT2D eigenvalue weighted by atomic mass is 10.1. The van der Waals surface area contributed by atoms with Gasteiger partial charge in [0.25, 0.3) is 6.43 Å². The van der Waals surface area contributed by atoms with Crippen LogP contribution >= 0.6 is 0 Å². The summed E-state index contributed by atoms with van der Waals surface area (Å²) in [5, 5.41) is 3.85. The molecule has 3 rings (SSSR count). The van der Waals surface area contributed by atoms with E-state index in [1.54, 1.807) is 12.1 Å². The molecule has 100 valence electrons. The molecule has 0 spiro atoms. The summed E-state index contributed by atoms with van der Waals surface area (Å²) in [5.74, 6) is 1.39. The molecule has 6 heteroatoms. The van der Waals surface area contributed by atoms with Crippen LogP contribution < -0.4 is 5.73 Å². The molecule has 2 aromatic rings. The molecular formula is C13H13F2N3O. The average Bonchev–Trinajstić information content (AvgIpc) is 3.16. The van der Waals surface area contributed by atoms with Crippen LogP contribution in [0.1, 0.15) is 54.1 Å². The first kappa shape index (κ1) is 12.2. The number of alkyl halides is 2. The van der Waals surface area contributed by atoms with Gasteiger partial charge in [0.05, 0.1) is 6.04 Å². The molecule has 1 aromatic heterocycles. The Morgan fingerprint density at radius 2 is 1.79 bits per heavy atom. The maximum atomic E-state index is 12.5. The third kappa shape index (κ3) is 2.49. The molecule has 2 N–H and O–H groups in total. The van der Waals surface area contributed by atoms with Crippen LogP contribution in [0.4, 0.5) is 8.78 Å². The number of halogens is 2. The molecule has 0 saturated heterocycles. The van der Waals surface area contributed by atoms with Crippen molar-refractivity contribution in [2.75, 3.05) is 0 Å². The number of benzene rings is 1. The van der Waals surface area contributed by atoms with Crippen LogP contribution in [0, 0.1) is 0 Å². The quantitative estimate of drug-likeness (QED) is 0.923. The Kier molecular flexibility index (Phi) is 3.02. The maximum Gasteiger partial charge on any atom is 0.263 e. The average molecular weight is 265 g/mol. The minimum Gasteiger partial charge on any atom is -0.339 e. The predicted molar refractivity (Wildman–Crippen MR) is 63.7 cm³/mol. The molecule has 0 amide bonds. The minimum absolute atomic E-state index is 0.0252. The normalized spacial score (nSPS) is 16.8. The predicted octanol–water partition coefficient (Wildman–Crippen LogP) is 2.93. The summed E-state index contributed by atoms with van der Waals surface area (Å²) >= 11 is 0. The minimum atomic E-state index is -2.48. The Balaban J connectivity index is 1.79. The zero-order chi connectivity index (χ0) is 13.4. The summed E-state index contributed by atoms with van der Waals surface area (Å²) < 4.78 is 30.0. The van der Waals surface area contributed by atoms with Crippen molar-refractivity contribution in [3.63, 3.8) is 0 Å². The van der Waals surface area contributed by atoms with Gasteiger partial charge in [0.1, 0.15) is 0 Å². The number of nitrogens with two attached hydrogens (primary N) is 1. The van der Waals surface area contributed by atoms with E-state index >= 15 is 0 Å². The molecule has 1 saturated carbocycles. The maximum absolute atomic E-state index is 12.5. The van der Waals surface area contributed by atoms with E-state index in [-0.39, 0.29) is 5.56 Å². The van der Waals surface area contributed by atoms with E-state index in [0.29, 0.717) is 23.2 Å². The fraction of sp³-hybridized carbons (Fsp3) is 0.385. The SMILES string of the molecule is NC(c1ccc(C(F)F)cc1)c1noc(C2CC2)n1. The molecular weight excluding hydrogens is 252 g/mol. The lowest BCUT2D eigenvalue weighted by Crippen LogP contribution is -2.13. The number of rotatable bonds is 4. The van der Waals surface area contributed by atoms with Crippen molar-refractivity contribution in [3.05, 3.63) is 47.1 Å². The second-order valence-corrected chi connectivity index (χ2v) is 4.71. The van der Waals surface area contributed by atoms with Gasteiger partial charge in [-0.25, -0.2) is 8.78 Å². The van der Waals surface area contributed by atoms with Gasteiger partial charge in [0, 0.05) is 11.5 Å². The summed E-state index contributed by atoms with van der Waals surface area (Å²) in [4.78, 5) is 4.26. The van der Waals surface area contributed by atoms with Crippen LogP contribution in [-0.4, -0.2) is 10.1 Å². The number of nitrogens with zero attached hydrogens (tertiary/aromatic N) is 2. The summed E-state index contributed by atoms with van der Waals surface area (Å²) in [6.45, 7) is 0. The van der Waals surface area contributed by atoms with Crippen LogP contribution in [0.3, 0.4) is 0 Å². The van der Waals surface area contributed by atoms with E-state index in [2.05, 4.69) is 10.1 Å². The summed E-state index contributed by atoms with van der Waals surface area (Å²) in [7, 11) is 0. The smallest absolute Gasteiger partial charge is 0.263 e. The second kappa shape index (κ2) is 4.70. The monoisotopic (exact) mass is 265 g/mol. The Hall–Kier alpha value is -1.82. The first-order chi connectivity index (χ1) is 9.15. The molecule has 0 radical (unpaired) electrons. The third-order valence-corrected chi connectivity index (χ3v) is 3.21. The van der Waals surface area contributed by atoms with Crippen LogP contribution in [0.25, 0.3) is 0 Å². The van der Waals surface area contributed by atoms with E-state index in [1.165, 1.54) is 12.1 Å². The van der Waals surface area contributed by atoms with Crippen molar-refractivity contribution in [1.82, 2.24) is 10.1 Å². The van der Waals surface area contributed by atoms with Gasteiger partial charge in [-0.3, -0.25) is 0 Å². The van der Waals surface area contributed by atoms with Gasteiger partial charge in [0.15, 0.2) is 5.82 Å². The zero-order valence-electron chi connectivity index (χ0n) is 10.1. The lowest BCUT2D eigenvalue weighted by Gasteiger charge is -2.08. The number of aromatic nitrogens is 2. The highest BCUT2D eigenvalue weighted by Gasteiger charge is 2.30. The largest absolute Gasteiger partial charge is 0.339 e.